The largest absolute Gasteiger partial charge is 0.347 e. The second kappa shape index (κ2) is 6.92. The number of halogens is 2. The molecule has 134 valence electrons. The molecule has 1 aliphatic heterocycles. The number of nitrogens with one attached hydrogen (secondary N) is 1. The number of likely N-dealkylation sites (tertiary alicyclic amines) is 1. The SMILES string of the molecule is CC(C)N1CC[C@H](NC(=O)c2cnn(C)c2)[C@H]1c1ccc(F)c(F)c1. The van der Waals surface area contributed by atoms with Crippen LogP contribution in [-0.2, 0) is 7.05 Å². The Morgan fingerprint density at radius 2 is 2.08 bits per heavy atom. The molecule has 0 spiro atoms. The molecule has 1 aromatic heterocycles. The van der Waals surface area contributed by atoms with Crippen molar-refractivity contribution < 1.29 is 13.6 Å². The summed E-state index contributed by atoms with van der Waals surface area (Å²) in [7, 11) is 1.75. The number of amides is 1. The third kappa shape index (κ3) is 3.56. The van der Waals surface area contributed by atoms with Crippen LogP contribution in [0.3, 0.4) is 0 Å². The van der Waals surface area contributed by atoms with Crippen LogP contribution in [0.4, 0.5) is 8.78 Å². The number of nitrogens with zero attached hydrogens (tertiary/aromatic N) is 3. The van der Waals surface area contributed by atoms with Gasteiger partial charge in [-0.15, -0.1) is 0 Å². The van der Waals surface area contributed by atoms with Gasteiger partial charge in [-0.25, -0.2) is 8.78 Å². The molecular formula is C18H22F2N4O. The van der Waals surface area contributed by atoms with Crippen molar-refractivity contribution in [3.05, 3.63) is 53.4 Å². The predicted molar refractivity (Wildman–Crippen MR) is 90.0 cm³/mol. The molecule has 2 aromatic rings. The van der Waals surface area contributed by atoms with E-state index in [2.05, 4.69) is 29.2 Å². The highest BCUT2D eigenvalue weighted by Crippen LogP contribution is 2.34. The highest BCUT2D eigenvalue weighted by molar-refractivity contribution is 5.93. The summed E-state index contributed by atoms with van der Waals surface area (Å²) >= 11 is 0. The van der Waals surface area contributed by atoms with Crippen molar-refractivity contribution in [1.29, 1.82) is 0 Å². The Hall–Kier alpha value is -2.28. The lowest BCUT2D eigenvalue weighted by atomic mass is 9.98. The van der Waals surface area contributed by atoms with E-state index in [1.54, 1.807) is 24.0 Å². The Morgan fingerprint density at radius 3 is 2.68 bits per heavy atom. The van der Waals surface area contributed by atoms with Crippen LogP contribution in [0.15, 0.2) is 30.6 Å². The highest BCUT2D eigenvalue weighted by atomic mass is 19.2. The predicted octanol–water partition coefficient (Wildman–Crippen LogP) is 2.65. The molecule has 1 amide bonds. The van der Waals surface area contributed by atoms with E-state index in [1.807, 2.05) is 0 Å². The molecule has 0 saturated carbocycles. The summed E-state index contributed by atoms with van der Waals surface area (Å²) in [5.41, 5.74) is 1.15. The molecule has 0 bridgehead atoms. The fourth-order valence-corrected chi connectivity index (χ4v) is 3.46. The van der Waals surface area contributed by atoms with Gasteiger partial charge in [-0.1, -0.05) is 6.07 Å². The molecule has 1 aromatic carbocycles. The number of aromatic nitrogens is 2. The number of hydrogen-bond acceptors (Lipinski definition) is 3. The van der Waals surface area contributed by atoms with Gasteiger partial charge in [0.05, 0.1) is 23.8 Å². The summed E-state index contributed by atoms with van der Waals surface area (Å²) in [6.45, 7) is 4.88. The number of rotatable bonds is 4. The van der Waals surface area contributed by atoms with Crippen molar-refractivity contribution in [3.63, 3.8) is 0 Å². The molecule has 1 N–H and O–H groups in total. The number of benzene rings is 1. The molecule has 0 unspecified atom stereocenters. The van der Waals surface area contributed by atoms with Crippen LogP contribution in [0.25, 0.3) is 0 Å². The highest BCUT2D eigenvalue weighted by Gasteiger charge is 2.38. The fraction of sp³-hybridized carbons (Fsp3) is 0.444. The second-order valence-electron chi connectivity index (χ2n) is 6.72. The zero-order valence-corrected chi connectivity index (χ0v) is 14.5. The fourth-order valence-electron chi connectivity index (χ4n) is 3.46. The van der Waals surface area contributed by atoms with E-state index in [1.165, 1.54) is 12.3 Å². The van der Waals surface area contributed by atoms with Gasteiger partial charge in [0.1, 0.15) is 0 Å². The van der Waals surface area contributed by atoms with Gasteiger partial charge in [0, 0.05) is 25.8 Å². The van der Waals surface area contributed by atoms with Crippen LogP contribution in [0, 0.1) is 11.6 Å². The van der Waals surface area contributed by atoms with E-state index in [4.69, 9.17) is 0 Å². The molecule has 0 radical (unpaired) electrons. The lowest BCUT2D eigenvalue weighted by Crippen LogP contribution is -2.41. The van der Waals surface area contributed by atoms with E-state index in [-0.39, 0.29) is 24.0 Å². The minimum atomic E-state index is -0.870. The van der Waals surface area contributed by atoms with Crippen molar-refractivity contribution in [2.75, 3.05) is 6.54 Å². The molecule has 5 nitrogen and oxygen atoms in total. The monoisotopic (exact) mass is 348 g/mol. The van der Waals surface area contributed by atoms with Gasteiger partial charge in [-0.05, 0) is 38.0 Å². The Kier molecular flexibility index (Phi) is 4.85. The maximum Gasteiger partial charge on any atom is 0.254 e. The van der Waals surface area contributed by atoms with E-state index >= 15 is 0 Å². The molecule has 3 rings (SSSR count). The van der Waals surface area contributed by atoms with Crippen LogP contribution < -0.4 is 5.32 Å². The standard InChI is InChI=1S/C18H22F2N4O/c1-11(2)24-7-6-16(22-18(25)13-9-21-23(3)10-13)17(24)12-4-5-14(19)15(20)8-12/h4-5,8-11,16-17H,6-7H2,1-3H3,(H,22,25)/t16-,17+/m0/s1. The molecule has 25 heavy (non-hydrogen) atoms. The lowest BCUT2D eigenvalue weighted by molar-refractivity contribution is 0.0919. The second-order valence-corrected chi connectivity index (χ2v) is 6.72. The van der Waals surface area contributed by atoms with Crippen molar-refractivity contribution >= 4 is 5.91 Å². The maximum absolute atomic E-state index is 13.7. The molecule has 2 heterocycles. The van der Waals surface area contributed by atoms with Gasteiger partial charge in [0.15, 0.2) is 11.6 Å². The van der Waals surface area contributed by atoms with E-state index < -0.39 is 11.6 Å². The smallest absolute Gasteiger partial charge is 0.254 e. The quantitative estimate of drug-likeness (QED) is 0.924. The molecule has 2 atom stereocenters. The summed E-state index contributed by atoms with van der Waals surface area (Å²) in [6, 6.07) is 3.80. The van der Waals surface area contributed by atoms with Crippen LogP contribution in [0.1, 0.15) is 42.2 Å². The number of hydrogen-bond donors (Lipinski definition) is 1. The minimum absolute atomic E-state index is 0.181. The first-order valence-electron chi connectivity index (χ1n) is 8.37. The first-order chi connectivity index (χ1) is 11.9. The maximum atomic E-state index is 13.7. The summed E-state index contributed by atoms with van der Waals surface area (Å²) < 4.78 is 28.6. The normalized spacial score (nSPS) is 21.0. The zero-order valence-electron chi connectivity index (χ0n) is 14.5. The Morgan fingerprint density at radius 1 is 1.32 bits per heavy atom. The molecular weight excluding hydrogens is 326 g/mol. The summed E-state index contributed by atoms with van der Waals surface area (Å²) in [6.07, 6.45) is 3.90. The molecule has 1 saturated heterocycles. The Labute approximate surface area is 145 Å². The van der Waals surface area contributed by atoms with Gasteiger partial charge >= 0.3 is 0 Å². The number of carbonyl (C=O) groups is 1. The Bertz CT molecular complexity index is 774. The van der Waals surface area contributed by atoms with Crippen molar-refractivity contribution in [3.8, 4) is 0 Å². The third-order valence-corrected chi connectivity index (χ3v) is 4.67. The first kappa shape index (κ1) is 17.5. The molecule has 1 fully saturated rings. The van der Waals surface area contributed by atoms with Crippen LogP contribution >= 0.6 is 0 Å². The summed E-state index contributed by atoms with van der Waals surface area (Å²) in [5, 5.41) is 7.03. The number of carbonyl (C=O) groups excluding carboxylic acids is 1. The molecule has 0 aliphatic carbocycles. The average Bonchev–Trinajstić information content (AvgIpc) is 3.16. The first-order valence-corrected chi connectivity index (χ1v) is 8.37. The molecule has 1 aliphatic rings. The lowest BCUT2D eigenvalue weighted by Gasteiger charge is -2.32. The van der Waals surface area contributed by atoms with E-state index in [0.29, 0.717) is 11.1 Å². The van der Waals surface area contributed by atoms with Crippen LogP contribution in [0.2, 0.25) is 0 Å². The van der Waals surface area contributed by atoms with Gasteiger partial charge in [-0.3, -0.25) is 14.4 Å². The van der Waals surface area contributed by atoms with Crippen LogP contribution in [0.5, 0.6) is 0 Å². The van der Waals surface area contributed by atoms with Crippen molar-refractivity contribution in [2.24, 2.45) is 7.05 Å². The van der Waals surface area contributed by atoms with Crippen molar-refractivity contribution in [1.82, 2.24) is 20.0 Å². The van der Waals surface area contributed by atoms with E-state index in [0.717, 1.165) is 19.0 Å². The van der Waals surface area contributed by atoms with Crippen molar-refractivity contribution in [2.45, 2.75) is 38.4 Å². The summed E-state index contributed by atoms with van der Waals surface area (Å²) in [4.78, 5) is 14.7. The topological polar surface area (TPSA) is 50.2 Å². The molecule has 7 heteroatoms. The average molecular weight is 348 g/mol. The zero-order chi connectivity index (χ0) is 18.1. The third-order valence-electron chi connectivity index (χ3n) is 4.67. The van der Waals surface area contributed by atoms with Gasteiger partial charge in [0.2, 0.25) is 0 Å². The van der Waals surface area contributed by atoms with Gasteiger partial charge < -0.3 is 5.32 Å². The minimum Gasteiger partial charge on any atom is -0.347 e. The van der Waals surface area contributed by atoms with E-state index in [9.17, 15) is 13.6 Å². The number of aryl methyl sites for hydroxylation is 1. The van der Waals surface area contributed by atoms with Gasteiger partial charge in [-0.2, -0.15) is 5.10 Å². The Balaban J connectivity index is 1.86. The summed E-state index contributed by atoms with van der Waals surface area (Å²) in [5.74, 6) is -1.95. The van der Waals surface area contributed by atoms with Gasteiger partial charge in [0.25, 0.3) is 5.91 Å². The van der Waals surface area contributed by atoms with Crippen LogP contribution in [-0.4, -0.2) is 39.2 Å².